The van der Waals surface area contributed by atoms with Crippen molar-refractivity contribution in [3.8, 4) is 11.5 Å². The van der Waals surface area contributed by atoms with E-state index in [1.165, 1.54) is 18.2 Å². The standard InChI is InChI=1S/C22H29NO5/c1-6-16-13-17(7-2)21(12-15(16)4)28-14-18-19(23(25)22(24)26-5)10-9-11-20(18)27-8-3/h9-13,25H,6-8,14H2,1-5H3. The molecule has 0 aromatic heterocycles. The van der Waals surface area contributed by atoms with Crippen LogP contribution in [0.1, 0.15) is 43.0 Å². The first-order valence-corrected chi connectivity index (χ1v) is 9.53. The molecule has 2 aromatic rings. The van der Waals surface area contributed by atoms with Gasteiger partial charge in [0.05, 0.1) is 25.0 Å². The Labute approximate surface area is 166 Å². The van der Waals surface area contributed by atoms with E-state index in [1.807, 2.05) is 13.0 Å². The summed E-state index contributed by atoms with van der Waals surface area (Å²) in [4.78, 5) is 11.8. The molecule has 2 rings (SSSR count). The molecule has 0 heterocycles. The Kier molecular flexibility index (Phi) is 7.70. The van der Waals surface area contributed by atoms with Gasteiger partial charge >= 0.3 is 6.09 Å². The van der Waals surface area contributed by atoms with Gasteiger partial charge in [-0.25, -0.2) is 4.79 Å². The van der Waals surface area contributed by atoms with Crippen LogP contribution in [0.25, 0.3) is 0 Å². The molecule has 1 N–H and O–H groups in total. The Bertz CT molecular complexity index is 819. The van der Waals surface area contributed by atoms with Gasteiger partial charge in [0.25, 0.3) is 0 Å². The fourth-order valence-corrected chi connectivity index (χ4v) is 3.09. The van der Waals surface area contributed by atoms with Gasteiger partial charge in [0.15, 0.2) is 0 Å². The van der Waals surface area contributed by atoms with Crippen LogP contribution in [-0.4, -0.2) is 25.0 Å². The zero-order valence-electron chi connectivity index (χ0n) is 17.2. The minimum absolute atomic E-state index is 0.136. The summed E-state index contributed by atoms with van der Waals surface area (Å²) in [6, 6.07) is 9.31. The number of benzene rings is 2. The molecule has 0 saturated heterocycles. The average Bonchev–Trinajstić information content (AvgIpc) is 2.71. The first-order valence-electron chi connectivity index (χ1n) is 9.53. The SMILES string of the molecule is CCOc1cccc(N(O)C(=O)OC)c1COc1cc(C)c(CC)cc1CC. The summed E-state index contributed by atoms with van der Waals surface area (Å²) in [5, 5.41) is 10.7. The van der Waals surface area contributed by atoms with Crippen molar-refractivity contribution >= 4 is 11.8 Å². The predicted octanol–water partition coefficient (Wildman–Crippen LogP) is 5.06. The van der Waals surface area contributed by atoms with Crippen LogP contribution in [0.3, 0.4) is 0 Å². The van der Waals surface area contributed by atoms with E-state index in [2.05, 4.69) is 31.6 Å². The second kappa shape index (κ2) is 9.99. The van der Waals surface area contributed by atoms with Crippen LogP contribution in [0.4, 0.5) is 10.5 Å². The molecule has 0 fully saturated rings. The lowest BCUT2D eigenvalue weighted by molar-refractivity contribution is 0.140. The smallest absolute Gasteiger partial charge is 0.438 e. The molecule has 0 atom stereocenters. The summed E-state index contributed by atoms with van der Waals surface area (Å²) in [7, 11) is 1.21. The Morgan fingerprint density at radius 3 is 2.36 bits per heavy atom. The van der Waals surface area contributed by atoms with Crippen LogP contribution >= 0.6 is 0 Å². The predicted molar refractivity (Wildman–Crippen MR) is 109 cm³/mol. The molecule has 6 heteroatoms. The van der Waals surface area contributed by atoms with Crippen molar-refractivity contribution in [3.05, 3.63) is 52.6 Å². The maximum absolute atomic E-state index is 11.8. The topological polar surface area (TPSA) is 68.2 Å². The van der Waals surface area contributed by atoms with Crippen molar-refractivity contribution in [1.29, 1.82) is 0 Å². The maximum atomic E-state index is 11.8. The third-order valence-corrected chi connectivity index (χ3v) is 4.64. The van der Waals surface area contributed by atoms with E-state index in [9.17, 15) is 10.0 Å². The third kappa shape index (κ3) is 4.75. The number of nitrogens with zero attached hydrogens (tertiary/aromatic N) is 1. The molecule has 0 radical (unpaired) electrons. The molecular weight excluding hydrogens is 358 g/mol. The molecule has 0 aliphatic heterocycles. The van der Waals surface area contributed by atoms with Gasteiger partial charge in [-0.1, -0.05) is 26.0 Å². The van der Waals surface area contributed by atoms with Gasteiger partial charge in [0.2, 0.25) is 0 Å². The zero-order valence-corrected chi connectivity index (χ0v) is 17.2. The summed E-state index contributed by atoms with van der Waals surface area (Å²) < 4.78 is 16.4. The molecule has 0 aliphatic carbocycles. The lowest BCUT2D eigenvalue weighted by atomic mass is 10.0. The highest BCUT2D eigenvalue weighted by molar-refractivity contribution is 5.86. The summed E-state index contributed by atoms with van der Waals surface area (Å²) >= 11 is 0. The van der Waals surface area contributed by atoms with E-state index < -0.39 is 6.09 Å². The van der Waals surface area contributed by atoms with Gasteiger partial charge in [0.1, 0.15) is 18.1 Å². The zero-order chi connectivity index (χ0) is 20.7. The van der Waals surface area contributed by atoms with Crippen LogP contribution in [-0.2, 0) is 24.2 Å². The van der Waals surface area contributed by atoms with Crippen LogP contribution in [0.15, 0.2) is 30.3 Å². The molecule has 1 amide bonds. The van der Waals surface area contributed by atoms with Gasteiger partial charge in [-0.3, -0.25) is 5.21 Å². The van der Waals surface area contributed by atoms with Gasteiger partial charge in [-0.2, -0.15) is 5.06 Å². The van der Waals surface area contributed by atoms with Crippen LogP contribution < -0.4 is 14.5 Å². The lowest BCUT2D eigenvalue weighted by Gasteiger charge is -2.21. The summed E-state index contributed by atoms with van der Waals surface area (Å²) in [5.74, 6) is 1.33. The van der Waals surface area contributed by atoms with Crippen LogP contribution in [0, 0.1) is 6.92 Å². The van der Waals surface area contributed by atoms with Crippen LogP contribution in [0.2, 0.25) is 0 Å². The van der Waals surface area contributed by atoms with E-state index in [4.69, 9.17) is 9.47 Å². The quantitative estimate of drug-likeness (QED) is 0.506. The van der Waals surface area contributed by atoms with Gasteiger partial charge in [-0.05, 0) is 61.6 Å². The average molecular weight is 387 g/mol. The van der Waals surface area contributed by atoms with E-state index in [-0.39, 0.29) is 12.3 Å². The number of rotatable bonds is 8. The van der Waals surface area contributed by atoms with E-state index in [1.54, 1.807) is 18.2 Å². The fourth-order valence-electron chi connectivity index (χ4n) is 3.09. The van der Waals surface area contributed by atoms with Crippen molar-refractivity contribution in [2.75, 3.05) is 18.8 Å². The van der Waals surface area contributed by atoms with Crippen molar-refractivity contribution in [1.82, 2.24) is 0 Å². The number of carbonyl (C=O) groups excluding carboxylic acids is 1. The third-order valence-electron chi connectivity index (χ3n) is 4.64. The van der Waals surface area contributed by atoms with E-state index in [0.29, 0.717) is 23.0 Å². The minimum atomic E-state index is -0.882. The number of hydrogen-bond donors (Lipinski definition) is 1. The highest BCUT2D eigenvalue weighted by atomic mass is 16.6. The van der Waals surface area contributed by atoms with Crippen LogP contribution in [0.5, 0.6) is 11.5 Å². The summed E-state index contributed by atoms with van der Waals surface area (Å²) in [5.41, 5.74) is 4.42. The number of ether oxygens (including phenoxy) is 3. The fraction of sp³-hybridized carbons (Fsp3) is 0.409. The Morgan fingerprint density at radius 1 is 1.04 bits per heavy atom. The molecule has 2 aromatic carbocycles. The number of hydrogen-bond acceptors (Lipinski definition) is 5. The molecular formula is C22H29NO5. The number of aryl methyl sites for hydroxylation is 3. The lowest BCUT2D eigenvalue weighted by Crippen LogP contribution is -2.28. The van der Waals surface area contributed by atoms with E-state index in [0.717, 1.165) is 24.2 Å². The van der Waals surface area contributed by atoms with Gasteiger partial charge in [0, 0.05) is 0 Å². The molecule has 28 heavy (non-hydrogen) atoms. The number of hydroxylamine groups is 1. The Balaban J connectivity index is 2.40. The van der Waals surface area contributed by atoms with Gasteiger partial charge in [-0.15, -0.1) is 0 Å². The monoisotopic (exact) mass is 387 g/mol. The van der Waals surface area contributed by atoms with E-state index >= 15 is 0 Å². The molecule has 0 unspecified atom stereocenters. The molecule has 0 spiro atoms. The Morgan fingerprint density at radius 2 is 1.75 bits per heavy atom. The number of anilines is 1. The number of carbonyl (C=O) groups is 1. The van der Waals surface area contributed by atoms with Crippen molar-refractivity contribution in [2.45, 2.75) is 47.1 Å². The second-order valence-electron chi connectivity index (χ2n) is 6.35. The normalized spacial score (nSPS) is 10.5. The number of amides is 1. The highest BCUT2D eigenvalue weighted by Crippen LogP contribution is 2.32. The molecule has 0 aliphatic rings. The number of methoxy groups -OCH3 is 1. The minimum Gasteiger partial charge on any atom is -0.493 e. The molecule has 0 bridgehead atoms. The largest absolute Gasteiger partial charge is 0.493 e. The molecule has 0 saturated carbocycles. The van der Waals surface area contributed by atoms with Crippen molar-refractivity contribution in [2.24, 2.45) is 0 Å². The first kappa shape index (κ1) is 21.6. The first-order chi connectivity index (χ1) is 13.5. The van der Waals surface area contributed by atoms with Crippen molar-refractivity contribution in [3.63, 3.8) is 0 Å². The second-order valence-corrected chi connectivity index (χ2v) is 6.35. The highest BCUT2D eigenvalue weighted by Gasteiger charge is 2.21. The molecule has 152 valence electrons. The maximum Gasteiger partial charge on any atom is 0.438 e. The van der Waals surface area contributed by atoms with Gasteiger partial charge < -0.3 is 14.2 Å². The Hall–Kier alpha value is -2.73. The molecule has 6 nitrogen and oxygen atoms in total. The van der Waals surface area contributed by atoms with Crippen molar-refractivity contribution < 1.29 is 24.2 Å². The summed E-state index contributed by atoms with van der Waals surface area (Å²) in [6.45, 7) is 8.74. The summed E-state index contributed by atoms with van der Waals surface area (Å²) in [6.07, 6.45) is 0.929.